The van der Waals surface area contributed by atoms with Crippen molar-refractivity contribution >= 4 is 5.91 Å². The number of likely N-dealkylation sites (N-methyl/N-ethyl adjacent to an activating group) is 1. The third-order valence-electron chi connectivity index (χ3n) is 6.07. The highest BCUT2D eigenvalue weighted by Crippen LogP contribution is 2.39. The average molecular weight is 342 g/mol. The summed E-state index contributed by atoms with van der Waals surface area (Å²) in [6, 6.07) is 2.43. The minimum absolute atomic E-state index is 0.0406. The molecule has 7 nitrogen and oxygen atoms in total. The summed E-state index contributed by atoms with van der Waals surface area (Å²) in [7, 11) is 1.80. The van der Waals surface area contributed by atoms with Crippen LogP contribution < -0.4 is 0 Å². The number of carbonyl (C=O) groups is 1. The number of nitrogens with zero attached hydrogens (tertiary/aromatic N) is 6. The van der Waals surface area contributed by atoms with Crippen LogP contribution in [0.15, 0.2) is 0 Å². The molecule has 0 N–H and O–H groups in total. The molecule has 0 spiro atoms. The Hall–Kier alpha value is -1.94. The predicted octanol–water partition coefficient (Wildman–Crippen LogP) is 1.66. The zero-order valence-corrected chi connectivity index (χ0v) is 14.9. The molecular formula is C18H26N6O. The molecule has 0 saturated heterocycles. The summed E-state index contributed by atoms with van der Waals surface area (Å²) < 4.78 is 2.24. The fourth-order valence-electron chi connectivity index (χ4n) is 4.20. The lowest BCUT2D eigenvalue weighted by molar-refractivity contribution is -0.136. The van der Waals surface area contributed by atoms with E-state index in [4.69, 9.17) is 0 Å². The predicted molar refractivity (Wildman–Crippen MR) is 91.5 cm³/mol. The SMILES string of the molecule is CN(C(=O)CN1CCn2c(nnc2C2CC2)C1)C1(C#N)CCCCC1. The van der Waals surface area contributed by atoms with Crippen molar-refractivity contribution in [2.24, 2.45) is 0 Å². The van der Waals surface area contributed by atoms with Gasteiger partial charge in [-0.1, -0.05) is 19.3 Å². The van der Waals surface area contributed by atoms with Crippen molar-refractivity contribution in [1.29, 1.82) is 5.26 Å². The summed E-state index contributed by atoms with van der Waals surface area (Å²) >= 11 is 0. The fraction of sp³-hybridized carbons (Fsp3) is 0.778. The zero-order valence-electron chi connectivity index (χ0n) is 14.9. The molecule has 1 aliphatic heterocycles. The fourth-order valence-corrected chi connectivity index (χ4v) is 4.20. The molecule has 0 unspecified atom stereocenters. The third-order valence-corrected chi connectivity index (χ3v) is 6.07. The summed E-state index contributed by atoms with van der Waals surface area (Å²) in [5, 5.41) is 18.4. The third kappa shape index (κ3) is 3.04. The van der Waals surface area contributed by atoms with Crippen LogP contribution in [0.3, 0.4) is 0 Å². The van der Waals surface area contributed by atoms with Crippen molar-refractivity contribution in [2.45, 2.75) is 69.5 Å². The topological polar surface area (TPSA) is 78.1 Å². The molecule has 1 amide bonds. The minimum atomic E-state index is -0.607. The van der Waals surface area contributed by atoms with E-state index in [9.17, 15) is 10.1 Å². The van der Waals surface area contributed by atoms with E-state index in [2.05, 4.69) is 25.7 Å². The second-order valence-corrected chi connectivity index (χ2v) is 7.77. The van der Waals surface area contributed by atoms with Gasteiger partial charge >= 0.3 is 0 Å². The van der Waals surface area contributed by atoms with Gasteiger partial charge in [0.25, 0.3) is 0 Å². The minimum Gasteiger partial charge on any atom is -0.326 e. The Bertz CT molecular complexity index is 695. The molecule has 0 atom stereocenters. The lowest BCUT2D eigenvalue weighted by Gasteiger charge is -2.40. The first kappa shape index (κ1) is 16.5. The van der Waals surface area contributed by atoms with Crippen molar-refractivity contribution in [3.63, 3.8) is 0 Å². The van der Waals surface area contributed by atoms with Gasteiger partial charge in [0.1, 0.15) is 17.2 Å². The molecule has 0 radical (unpaired) electrons. The highest BCUT2D eigenvalue weighted by Gasteiger charge is 2.39. The summed E-state index contributed by atoms with van der Waals surface area (Å²) in [5.41, 5.74) is -0.607. The Labute approximate surface area is 148 Å². The van der Waals surface area contributed by atoms with Gasteiger partial charge < -0.3 is 9.47 Å². The molecule has 0 aromatic carbocycles. The number of fused-ring (bicyclic) bond motifs is 1. The zero-order chi connectivity index (χ0) is 17.4. The standard InChI is InChI=1S/C18H26N6O/c1-22(18(13-19)7-3-2-4-8-18)16(25)12-23-9-10-24-15(11-23)20-21-17(24)14-5-6-14/h14H,2-12H2,1H3. The van der Waals surface area contributed by atoms with Crippen molar-refractivity contribution < 1.29 is 4.79 Å². The number of hydrogen-bond donors (Lipinski definition) is 0. The van der Waals surface area contributed by atoms with Crippen LogP contribution in [0, 0.1) is 11.3 Å². The summed E-state index contributed by atoms with van der Waals surface area (Å²) in [6.07, 6.45) is 7.26. The molecule has 134 valence electrons. The number of carbonyl (C=O) groups excluding carboxylic acids is 1. The first-order valence-electron chi connectivity index (χ1n) is 9.45. The Kier molecular flexibility index (Phi) is 4.24. The molecule has 0 bridgehead atoms. The lowest BCUT2D eigenvalue weighted by Crippen LogP contribution is -2.53. The molecular weight excluding hydrogens is 316 g/mol. The van der Waals surface area contributed by atoms with E-state index < -0.39 is 5.54 Å². The van der Waals surface area contributed by atoms with E-state index in [1.165, 1.54) is 12.8 Å². The summed E-state index contributed by atoms with van der Waals surface area (Å²) in [4.78, 5) is 16.6. The molecule has 1 aromatic rings. The van der Waals surface area contributed by atoms with Gasteiger partial charge in [0.2, 0.25) is 5.91 Å². The van der Waals surface area contributed by atoms with Gasteiger partial charge in [-0.05, 0) is 25.7 Å². The molecule has 2 saturated carbocycles. The molecule has 1 aromatic heterocycles. The largest absolute Gasteiger partial charge is 0.326 e. The van der Waals surface area contributed by atoms with Crippen molar-refractivity contribution in [1.82, 2.24) is 24.6 Å². The number of aromatic nitrogens is 3. The van der Waals surface area contributed by atoms with Crippen LogP contribution in [0.4, 0.5) is 0 Å². The van der Waals surface area contributed by atoms with Gasteiger partial charge in [-0.25, -0.2) is 0 Å². The summed E-state index contributed by atoms with van der Waals surface area (Å²) in [6.45, 7) is 2.71. The van der Waals surface area contributed by atoms with Crippen LogP contribution in [-0.4, -0.2) is 56.1 Å². The number of hydrogen-bond acceptors (Lipinski definition) is 5. The van der Waals surface area contributed by atoms with Gasteiger partial charge in [0.15, 0.2) is 0 Å². The van der Waals surface area contributed by atoms with E-state index in [0.717, 1.165) is 56.8 Å². The van der Waals surface area contributed by atoms with E-state index in [0.29, 0.717) is 19.0 Å². The number of rotatable bonds is 4. The maximum Gasteiger partial charge on any atom is 0.237 e. The van der Waals surface area contributed by atoms with Gasteiger partial charge in [-0.3, -0.25) is 9.69 Å². The average Bonchev–Trinajstić information content (AvgIpc) is 3.41. The van der Waals surface area contributed by atoms with Gasteiger partial charge in [0.05, 0.1) is 19.2 Å². The second kappa shape index (κ2) is 6.41. The monoisotopic (exact) mass is 342 g/mol. The number of nitriles is 1. The summed E-state index contributed by atoms with van der Waals surface area (Å²) in [5.74, 6) is 2.74. The van der Waals surface area contributed by atoms with Crippen LogP contribution in [0.2, 0.25) is 0 Å². The van der Waals surface area contributed by atoms with E-state index >= 15 is 0 Å². The van der Waals surface area contributed by atoms with Gasteiger partial charge in [0, 0.05) is 26.1 Å². The van der Waals surface area contributed by atoms with Crippen molar-refractivity contribution in [3.8, 4) is 6.07 Å². The quantitative estimate of drug-likeness (QED) is 0.831. The Morgan fingerprint density at radius 1 is 1.28 bits per heavy atom. The molecule has 4 rings (SSSR count). The Morgan fingerprint density at radius 3 is 2.72 bits per heavy atom. The highest BCUT2D eigenvalue weighted by atomic mass is 16.2. The molecule has 3 aliphatic rings. The van der Waals surface area contributed by atoms with Gasteiger partial charge in [-0.15, -0.1) is 10.2 Å². The smallest absolute Gasteiger partial charge is 0.237 e. The van der Waals surface area contributed by atoms with Crippen LogP contribution in [0.1, 0.15) is 62.5 Å². The Morgan fingerprint density at radius 2 is 2.04 bits per heavy atom. The molecule has 2 fully saturated rings. The highest BCUT2D eigenvalue weighted by molar-refractivity contribution is 5.79. The van der Waals surface area contributed by atoms with Crippen LogP contribution >= 0.6 is 0 Å². The molecule has 7 heteroatoms. The van der Waals surface area contributed by atoms with Crippen molar-refractivity contribution in [3.05, 3.63) is 11.6 Å². The maximum atomic E-state index is 12.8. The van der Waals surface area contributed by atoms with Gasteiger partial charge in [-0.2, -0.15) is 5.26 Å². The Balaban J connectivity index is 1.40. The molecule has 2 aliphatic carbocycles. The second-order valence-electron chi connectivity index (χ2n) is 7.77. The first-order valence-corrected chi connectivity index (χ1v) is 9.45. The van der Waals surface area contributed by atoms with Crippen LogP contribution in [0.5, 0.6) is 0 Å². The first-order chi connectivity index (χ1) is 12.1. The van der Waals surface area contributed by atoms with Crippen LogP contribution in [0.25, 0.3) is 0 Å². The van der Waals surface area contributed by atoms with Crippen molar-refractivity contribution in [2.75, 3.05) is 20.1 Å². The maximum absolute atomic E-state index is 12.8. The normalized spacial score (nSPS) is 22.9. The van der Waals surface area contributed by atoms with E-state index in [-0.39, 0.29) is 5.91 Å². The van der Waals surface area contributed by atoms with E-state index in [1.54, 1.807) is 11.9 Å². The van der Waals surface area contributed by atoms with Crippen LogP contribution in [-0.2, 0) is 17.9 Å². The molecule has 2 heterocycles. The lowest BCUT2D eigenvalue weighted by atomic mass is 9.81. The number of amides is 1. The molecule has 25 heavy (non-hydrogen) atoms. The van der Waals surface area contributed by atoms with E-state index in [1.807, 2.05) is 0 Å².